The normalized spacial score (nSPS) is 28.1. The van der Waals surface area contributed by atoms with Crippen LogP contribution >= 0.6 is 35.6 Å². The molecule has 0 aromatic heterocycles. The zero-order valence-electron chi connectivity index (χ0n) is 14.3. The number of likely N-dealkylation sites (tertiary alicyclic amines) is 1. The second-order valence-corrected chi connectivity index (χ2v) is 8.01. The maximum absolute atomic E-state index is 13.0. The van der Waals surface area contributed by atoms with E-state index < -0.39 is 5.92 Å². The Kier molecular flexibility index (Phi) is 6.02. The lowest BCUT2D eigenvalue weighted by atomic mass is 9.93. The van der Waals surface area contributed by atoms with Gasteiger partial charge in [0.1, 0.15) is 5.92 Å². The SMILES string of the molecule is Cl.O=C(C1CCN(c2cc(Cl)ccc2Cl)C1=O)N1CC2CCCC(C1)N2. The molecule has 1 aromatic carbocycles. The maximum Gasteiger partial charge on any atom is 0.239 e. The monoisotopic (exact) mass is 417 g/mol. The highest BCUT2D eigenvalue weighted by molar-refractivity contribution is 6.36. The van der Waals surface area contributed by atoms with Gasteiger partial charge in [0.2, 0.25) is 11.8 Å². The van der Waals surface area contributed by atoms with Crippen molar-refractivity contribution in [2.75, 3.05) is 24.5 Å². The maximum atomic E-state index is 13.0. The topological polar surface area (TPSA) is 52.7 Å². The minimum atomic E-state index is -0.603. The Morgan fingerprint density at radius 1 is 1.12 bits per heavy atom. The first-order valence-electron chi connectivity index (χ1n) is 8.84. The van der Waals surface area contributed by atoms with E-state index in [4.69, 9.17) is 23.2 Å². The molecule has 4 rings (SSSR count). The van der Waals surface area contributed by atoms with E-state index in [1.165, 1.54) is 6.42 Å². The Bertz CT molecular complexity index is 703. The lowest BCUT2D eigenvalue weighted by molar-refractivity contribution is -0.141. The van der Waals surface area contributed by atoms with Crippen LogP contribution in [0.2, 0.25) is 10.0 Å². The highest BCUT2D eigenvalue weighted by Crippen LogP contribution is 2.34. The standard InChI is InChI=1S/C18H21Cl2N3O2.ClH/c19-11-4-5-15(20)16(8-11)23-7-6-14(18(23)25)17(24)22-9-12-2-1-3-13(10-22)21-12;/h4-5,8,12-14,21H,1-3,6-7,9-10H2;1H. The molecular weight excluding hydrogens is 397 g/mol. The van der Waals surface area contributed by atoms with Crippen LogP contribution in [0, 0.1) is 5.92 Å². The van der Waals surface area contributed by atoms with Crippen LogP contribution < -0.4 is 10.2 Å². The summed E-state index contributed by atoms with van der Waals surface area (Å²) < 4.78 is 0. The molecule has 0 saturated carbocycles. The second-order valence-electron chi connectivity index (χ2n) is 7.16. The number of nitrogens with one attached hydrogen (secondary N) is 1. The van der Waals surface area contributed by atoms with Crippen molar-refractivity contribution in [3.05, 3.63) is 28.2 Å². The number of hydrogen-bond donors (Lipinski definition) is 1. The van der Waals surface area contributed by atoms with Gasteiger partial charge in [-0.1, -0.05) is 29.6 Å². The van der Waals surface area contributed by atoms with E-state index in [0.29, 0.717) is 53.9 Å². The molecule has 3 aliphatic heterocycles. The van der Waals surface area contributed by atoms with Gasteiger partial charge in [-0.05, 0) is 37.5 Å². The zero-order valence-corrected chi connectivity index (χ0v) is 16.6. The third kappa shape index (κ3) is 3.68. The summed E-state index contributed by atoms with van der Waals surface area (Å²) >= 11 is 12.3. The number of halogens is 3. The summed E-state index contributed by atoms with van der Waals surface area (Å²) in [5.41, 5.74) is 0.589. The first-order valence-corrected chi connectivity index (χ1v) is 9.60. The van der Waals surface area contributed by atoms with Gasteiger partial charge in [0, 0.05) is 36.7 Å². The molecule has 3 fully saturated rings. The molecule has 3 aliphatic rings. The van der Waals surface area contributed by atoms with Crippen molar-refractivity contribution in [1.82, 2.24) is 10.2 Å². The van der Waals surface area contributed by atoms with E-state index in [2.05, 4.69) is 5.32 Å². The predicted octanol–water partition coefficient (Wildman–Crippen LogP) is 3.12. The summed E-state index contributed by atoms with van der Waals surface area (Å²) in [5, 5.41) is 4.57. The number of carbonyl (C=O) groups is 2. The van der Waals surface area contributed by atoms with Crippen molar-refractivity contribution in [3.8, 4) is 0 Å². The third-order valence-corrected chi connectivity index (χ3v) is 6.03. The number of piperidine rings is 1. The molecule has 26 heavy (non-hydrogen) atoms. The van der Waals surface area contributed by atoms with Crippen molar-refractivity contribution < 1.29 is 9.59 Å². The first kappa shape index (κ1) is 19.7. The Morgan fingerprint density at radius 3 is 2.50 bits per heavy atom. The minimum Gasteiger partial charge on any atom is -0.339 e. The lowest BCUT2D eigenvalue weighted by Crippen LogP contribution is -2.61. The predicted molar refractivity (Wildman–Crippen MR) is 105 cm³/mol. The van der Waals surface area contributed by atoms with E-state index in [1.54, 1.807) is 23.1 Å². The fourth-order valence-corrected chi connectivity index (χ4v) is 4.63. The number of benzene rings is 1. The summed E-state index contributed by atoms with van der Waals surface area (Å²) in [6.07, 6.45) is 3.94. The third-order valence-electron chi connectivity index (χ3n) is 5.47. The number of carbonyl (C=O) groups excluding carboxylic acids is 2. The van der Waals surface area contributed by atoms with Crippen LogP contribution in [0.1, 0.15) is 25.7 Å². The van der Waals surface area contributed by atoms with Gasteiger partial charge >= 0.3 is 0 Å². The molecule has 2 bridgehead atoms. The molecule has 3 unspecified atom stereocenters. The van der Waals surface area contributed by atoms with Crippen LogP contribution in [0.15, 0.2) is 18.2 Å². The summed E-state index contributed by atoms with van der Waals surface area (Å²) in [7, 11) is 0. The number of hydrogen-bond acceptors (Lipinski definition) is 3. The Labute approximate surface area is 169 Å². The number of nitrogens with zero attached hydrogens (tertiary/aromatic N) is 2. The summed E-state index contributed by atoms with van der Waals surface area (Å²) in [6.45, 7) is 1.91. The van der Waals surface area contributed by atoms with Gasteiger partial charge in [-0.2, -0.15) is 0 Å². The molecule has 142 valence electrons. The molecule has 0 aliphatic carbocycles. The number of piperazine rings is 1. The number of amides is 2. The Hall–Kier alpha value is -1.01. The number of fused-ring (bicyclic) bond motifs is 2. The molecule has 2 amide bonds. The van der Waals surface area contributed by atoms with E-state index in [9.17, 15) is 9.59 Å². The van der Waals surface area contributed by atoms with Crippen LogP contribution in [-0.2, 0) is 9.59 Å². The van der Waals surface area contributed by atoms with Crippen LogP contribution in [0.25, 0.3) is 0 Å². The lowest BCUT2D eigenvalue weighted by Gasteiger charge is -2.43. The Balaban J connectivity index is 0.00000196. The average Bonchev–Trinajstić information content (AvgIpc) is 2.97. The molecule has 1 aromatic rings. The van der Waals surface area contributed by atoms with Crippen molar-refractivity contribution >= 4 is 53.1 Å². The molecule has 1 N–H and O–H groups in total. The molecule has 5 nitrogen and oxygen atoms in total. The largest absolute Gasteiger partial charge is 0.339 e. The fourth-order valence-electron chi connectivity index (χ4n) is 4.25. The smallest absolute Gasteiger partial charge is 0.239 e. The van der Waals surface area contributed by atoms with Crippen molar-refractivity contribution in [3.63, 3.8) is 0 Å². The first-order chi connectivity index (χ1) is 12.0. The minimum absolute atomic E-state index is 0. The van der Waals surface area contributed by atoms with Gasteiger partial charge in [0.05, 0.1) is 10.7 Å². The quantitative estimate of drug-likeness (QED) is 0.751. The molecule has 3 heterocycles. The molecule has 3 saturated heterocycles. The molecule has 0 spiro atoms. The second kappa shape index (κ2) is 7.93. The van der Waals surface area contributed by atoms with E-state index >= 15 is 0 Å². The van der Waals surface area contributed by atoms with Gasteiger partial charge < -0.3 is 15.1 Å². The van der Waals surface area contributed by atoms with Gasteiger partial charge in [-0.25, -0.2) is 0 Å². The van der Waals surface area contributed by atoms with Crippen LogP contribution in [0.5, 0.6) is 0 Å². The summed E-state index contributed by atoms with van der Waals surface area (Å²) in [5.74, 6) is -0.809. The average molecular weight is 419 g/mol. The van der Waals surface area contributed by atoms with Crippen molar-refractivity contribution in [2.24, 2.45) is 5.92 Å². The van der Waals surface area contributed by atoms with Crippen molar-refractivity contribution in [2.45, 2.75) is 37.8 Å². The summed E-state index contributed by atoms with van der Waals surface area (Å²) in [6, 6.07) is 5.79. The van der Waals surface area contributed by atoms with Crippen LogP contribution in [0.4, 0.5) is 5.69 Å². The van der Waals surface area contributed by atoms with Gasteiger partial charge in [-0.3, -0.25) is 9.59 Å². The van der Waals surface area contributed by atoms with Crippen LogP contribution in [-0.4, -0.2) is 48.4 Å². The van der Waals surface area contributed by atoms with Gasteiger partial charge in [-0.15, -0.1) is 12.4 Å². The fraction of sp³-hybridized carbons (Fsp3) is 0.556. The number of anilines is 1. The highest BCUT2D eigenvalue weighted by Gasteiger charge is 2.42. The van der Waals surface area contributed by atoms with Gasteiger partial charge in [0.15, 0.2) is 0 Å². The van der Waals surface area contributed by atoms with Crippen molar-refractivity contribution in [1.29, 1.82) is 0 Å². The van der Waals surface area contributed by atoms with E-state index in [1.807, 2.05) is 4.90 Å². The molecular formula is C18H22Cl3N3O2. The van der Waals surface area contributed by atoms with Gasteiger partial charge in [0.25, 0.3) is 0 Å². The molecule has 0 radical (unpaired) electrons. The summed E-state index contributed by atoms with van der Waals surface area (Å²) in [4.78, 5) is 29.3. The molecule has 8 heteroatoms. The zero-order chi connectivity index (χ0) is 17.6. The number of rotatable bonds is 2. The van der Waals surface area contributed by atoms with Crippen LogP contribution in [0.3, 0.4) is 0 Å². The Morgan fingerprint density at radius 2 is 1.81 bits per heavy atom. The van der Waals surface area contributed by atoms with E-state index in [0.717, 1.165) is 12.8 Å². The highest BCUT2D eigenvalue weighted by atomic mass is 35.5. The molecule has 3 atom stereocenters. The van der Waals surface area contributed by atoms with E-state index in [-0.39, 0.29) is 24.2 Å².